The van der Waals surface area contributed by atoms with E-state index in [1.165, 1.54) is 5.56 Å². The number of thiophene rings is 1. The lowest BCUT2D eigenvalue weighted by Gasteiger charge is -2.27. The molecule has 1 atom stereocenters. The molecule has 26 heavy (non-hydrogen) atoms. The van der Waals surface area contributed by atoms with Crippen LogP contribution < -0.4 is 4.90 Å². The summed E-state index contributed by atoms with van der Waals surface area (Å²) in [5.74, 6) is -0.473. The topological polar surface area (TPSA) is 55.8 Å². The van der Waals surface area contributed by atoms with Crippen LogP contribution >= 0.6 is 11.3 Å². The Morgan fingerprint density at radius 1 is 1.27 bits per heavy atom. The minimum absolute atomic E-state index is 0.0597. The fourth-order valence-electron chi connectivity index (χ4n) is 3.22. The number of fused-ring (bicyclic) bond motifs is 1. The Morgan fingerprint density at radius 3 is 2.85 bits per heavy atom. The Balaban J connectivity index is 1.82. The van der Waals surface area contributed by atoms with Crippen molar-refractivity contribution in [3.8, 4) is 0 Å². The van der Waals surface area contributed by atoms with E-state index in [1.54, 1.807) is 41.4 Å². The normalized spacial score (nSPS) is 16.0. The zero-order chi connectivity index (χ0) is 18.5. The van der Waals surface area contributed by atoms with Crippen molar-refractivity contribution in [2.24, 2.45) is 0 Å². The van der Waals surface area contributed by atoms with E-state index in [2.05, 4.69) is 6.07 Å². The minimum atomic E-state index is -0.413. The predicted molar refractivity (Wildman–Crippen MR) is 102 cm³/mol. The van der Waals surface area contributed by atoms with E-state index in [0.29, 0.717) is 31.0 Å². The average molecular weight is 373 g/mol. The van der Waals surface area contributed by atoms with Gasteiger partial charge in [-0.25, -0.2) is 4.79 Å². The van der Waals surface area contributed by atoms with E-state index in [0.717, 1.165) is 11.3 Å². The summed E-state index contributed by atoms with van der Waals surface area (Å²) in [4.78, 5) is 28.0. The third kappa shape index (κ3) is 3.81. The van der Waals surface area contributed by atoms with Gasteiger partial charge in [-0.3, -0.25) is 4.79 Å². The maximum absolute atomic E-state index is 13.0. The number of carbonyl (C=O) groups is 2. The van der Waals surface area contributed by atoms with E-state index in [1.807, 2.05) is 18.4 Å². The van der Waals surface area contributed by atoms with Crippen LogP contribution in [0.5, 0.6) is 0 Å². The molecular weight excluding hydrogens is 350 g/mol. The molecule has 1 aliphatic rings. The van der Waals surface area contributed by atoms with E-state index in [-0.39, 0.29) is 18.4 Å². The molecule has 5 nitrogen and oxygen atoms in total. The lowest BCUT2D eigenvalue weighted by Crippen LogP contribution is -2.34. The number of rotatable bonds is 6. The number of anilines is 1. The lowest BCUT2D eigenvalue weighted by molar-refractivity contribution is -0.121. The summed E-state index contributed by atoms with van der Waals surface area (Å²) in [6.45, 7) is 5.07. The Hall–Kier alpha value is -2.18. The maximum Gasteiger partial charge on any atom is 0.340 e. The van der Waals surface area contributed by atoms with Gasteiger partial charge in [-0.05, 0) is 49.4 Å². The van der Waals surface area contributed by atoms with Gasteiger partial charge in [0.2, 0.25) is 5.91 Å². The van der Waals surface area contributed by atoms with Crippen molar-refractivity contribution >= 4 is 28.9 Å². The highest BCUT2D eigenvalue weighted by Crippen LogP contribution is 2.35. The first-order valence-electron chi connectivity index (χ1n) is 8.90. The molecule has 0 bridgehead atoms. The summed E-state index contributed by atoms with van der Waals surface area (Å²) >= 11 is 1.64. The molecule has 0 aliphatic carbocycles. The molecule has 3 rings (SSSR count). The molecule has 6 heteroatoms. The number of ether oxygens (including phenoxy) is 2. The van der Waals surface area contributed by atoms with E-state index in [9.17, 15) is 9.59 Å². The molecule has 1 aromatic heterocycles. The van der Waals surface area contributed by atoms with Crippen LogP contribution in [0.1, 0.15) is 47.2 Å². The highest BCUT2D eigenvalue weighted by atomic mass is 32.1. The summed E-state index contributed by atoms with van der Waals surface area (Å²) < 4.78 is 11.0. The number of carbonyl (C=O) groups excluding carboxylic acids is 2. The zero-order valence-electron chi connectivity index (χ0n) is 15.1. The van der Waals surface area contributed by atoms with Crippen LogP contribution in [-0.2, 0) is 20.7 Å². The molecule has 0 spiro atoms. The highest BCUT2D eigenvalue weighted by molar-refractivity contribution is 7.10. The van der Waals surface area contributed by atoms with Crippen LogP contribution in [0.3, 0.4) is 0 Å². The Morgan fingerprint density at radius 2 is 2.08 bits per heavy atom. The van der Waals surface area contributed by atoms with Crippen molar-refractivity contribution in [2.45, 2.75) is 32.8 Å². The first-order valence-corrected chi connectivity index (χ1v) is 9.78. The summed E-state index contributed by atoms with van der Waals surface area (Å²) in [6, 6.07) is 9.18. The van der Waals surface area contributed by atoms with Crippen LogP contribution in [0.2, 0.25) is 0 Å². The van der Waals surface area contributed by atoms with Crippen LogP contribution in [-0.4, -0.2) is 31.6 Å². The fraction of sp³-hybridized carbons (Fsp3) is 0.400. The van der Waals surface area contributed by atoms with Crippen molar-refractivity contribution in [1.29, 1.82) is 0 Å². The Bertz CT molecular complexity index is 786. The lowest BCUT2D eigenvalue weighted by atomic mass is 10.0. The molecule has 138 valence electrons. The van der Waals surface area contributed by atoms with Gasteiger partial charge in [0, 0.05) is 11.4 Å². The van der Waals surface area contributed by atoms with E-state index >= 15 is 0 Å². The van der Waals surface area contributed by atoms with Crippen molar-refractivity contribution < 1.29 is 19.1 Å². The van der Waals surface area contributed by atoms with Gasteiger partial charge in [0.25, 0.3) is 0 Å². The molecule has 1 aliphatic heterocycles. The molecule has 0 fully saturated rings. The molecule has 0 unspecified atom stereocenters. The molecule has 1 amide bonds. The first-order chi connectivity index (χ1) is 12.7. The molecule has 2 heterocycles. The third-order valence-corrected chi connectivity index (χ3v) is 5.48. The number of hydrogen-bond donors (Lipinski definition) is 0. The van der Waals surface area contributed by atoms with Crippen molar-refractivity contribution in [3.63, 3.8) is 0 Å². The van der Waals surface area contributed by atoms with Crippen molar-refractivity contribution in [3.05, 3.63) is 51.7 Å². The monoisotopic (exact) mass is 373 g/mol. The van der Waals surface area contributed by atoms with Crippen molar-refractivity contribution in [1.82, 2.24) is 0 Å². The Labute approximate surface area is 157 Å². The molecule has 0 saturated heterocycles. The quantitative estimate of drug-likeness (QED) is 0.719. The van der Waals surface area contributed by atoms with Crippen LogP contribution in [0.15, 0.2) is 35.7 Å². The van der Waals surface area contributed by atoms with Crippen LogP contribution in [0.25, 0.3) is 0 Å². The van der Waals surface area contributed by atoms with Crippen LogP contribution in [0, 0.1) is 0 Å². The smallest absolute Gasteiger partial charge is 0.340 e. The van der Waals surface area contributed by atoms with Gasteiger partial charge in [-0.15, -0.1) is 11.3 Å². The number of esters is 1. The van der Waals surface area contributed by atoms with E-state index in [4.69, 9.17) is 9.47 Å². The number of nitrogens with zero attached hydrogens (tertiary/aromatic N) is 1. The van der Waals surface area contributed by atoms with Gasteiger partial charge in [0.15, 0.2) is 0 Å². The summed E-state index contributed by atoms with van der Waals surface area (Å²) in [5.41, 5.74) is 2.26. The number of benzene rings is 1. The van der Waals surface area contributed by atoms with Gasteiger partial charge in [0.1, 0.15) is 6.10 Å². The number of hydrogen-bond acceptors (Lipinski definition) is 5. The van der Waals surface area contributed by atoms with Crippen LogP contribution in [0.4, 0.5) is 5.69 Å². The second-order valence-electron chi connectivity index (χ2n) is 6.00. The molecule has 0 radical (unpaired) electrons. The second kappa shape index (κ2) is 8.47. The highest BCUT2D eigenvalue weighted by Gasteiger charge is 2.28. The maximum atomic E-state index is 13.0. The zero-order valence-corrected chi connectivity index (χ0v) is 15.9. The van der Waals surface area contributed by atoms with Gasteiger partial charge in [0.05, 0.1) is 30.9 Å². The van der Waals surface area contributed by atoms with Gasteiger partial charge < -0.3 is 14.4 Å². The minimum Gasteiger partial charge on any atom is -0.462 e. The van der Waals surface area contributed by atoms with Gasteiger partial charge >= 0.3 is 5.97 Å². The van der Waals surface area contributed by atoms with Gasteiger partial charge in [-0.2, -0.15) is 0 Å². The molecule has 1 aromatic carbocycles. The van der Waals surface area contributed by atoms with Crippen molar-refractivity contribution in [2.75, 3.05) is 24.7 Å². The Kier molecular flexibility index (Phi) is 6.06. The SMILES string of the molecule is CCOC(=O)c1ccccc1N(CC)C(=O)C[C@H]1OCCc2ccsc21. The third-order valence-electron chi connectivity index (χ3n) is 4.43. The summed E-state index contributed by atoms with van der Waals surface area (Å²) in [5, 5.41) is 2.05. The van der Waals surface area contributed by atoms with Gasteiger partial charge in [-0.1, -0.05) is 12.1 Å². The standard InChI is InChI=1S/C20H23NO4S/c1-3-21(16-8-6-5-7-15(16)20(23)24-4-2)18(22)13-17-19-14(9-11-25-17)10-12-26-19/h5-8,10,12,17H,3-4,9,11,13H2,1-2H3/t17-/m1/s1. The molecule has 0 saturated carbocycles. The summed E-state index contributed by atoms with van der Waals surface area (Å²) in [6.07, 6.45) is 0.945. The molecule has 2 aromatic rings. The first kappa shape index (κ1) is 18.6. The number of para-hydroxylation sites is 1. The predicted octanol–water partition coefficient (Wildman–Crippen LogP) is 3.98. The summed E-state index contributed by atoms with van der Waals surface area (Å²) in [7, 11) is 0. The number of amides is 1. The second-order valence-corrected chi connectivity index (χ2v) is 6.95. The fourth-order valence-corrected chi connectivity index (χ4v) is 4.22. The largest absolute Gasteiger partial charge is 0.462 e. The average Bonchev–Trinajstić information content (AvgIpc) is 3.13. The molecule has 0 N–H and O–H groups in total. The molecular formula is C20H23NO4S. The van der Waals surface area contributed by atoms with E-state index < -0.39 is 5.97 Å².